The largest absolute Gasteiger partial charge is 0.379 e. The molecule has 3 aromatic rings. The minimum atomic E-state index is -0.0636. The lowest BCUT2D eigenvalue weighted by molar-refractivity contribution is 0.0926. The molecule has 0 radical (unpaired) electrons. The number of aryl methyl sites for hydroxylation is 2. The molecule has 1 aliphatic rings. The summed E-state index contributed by atoms with van der Waals surface area (Å²) < 4.78 is 5.67. The highest BCUT2D eigenvalue weighted by Gasteiger charge is 2.30. The average Bonchev–Trinajstić information content (AvgIpc) is 3.09. The molecule has 2 aromatic heterocycles. The fourth-order valence-electron chi connectivity index (χ4n) is 3.73. The Morgan fingerprint density at radius 3 is 2.81 bits per heavy atom. The Labute approximate surface area is 158 Å². The molecule has 1 amide bonds. The van der Waals surface area contributed by atoms with Crippen LogP contribution in [0.1, 0.15) is 27.2 Å². The predicted molar refractivity (Wildman–Crippen MR) is 105 cm³/mol. The Morgan fingerprint density at radius 1 is 1.19 bits per heavy atom. The van der Waals surface area contributed by atoms with Crippen molar-refractivity contribution in [3.63, 3.8) is 0 Å². The highest BCUT2D eigenvalue weighted by Crippen LogP contribution is 2.23. The van der Waals surface area contributed by atoms with Gasteiger partial charge in [-0.25, -0.2) is 0 Å². The molecule has 3 heterocycles. The van der Waals surface area contributed by atoms with Crippen LogP contribution in [0.3, 0.4) is 0 Å². The molecule has 5 nitrogen and oxygen atoms in total. The Bertz CT molecular complexity index is 972. The molecule has 4 rings (SSSR count). The summed E-state index contributed by atoms with van der Waals surface area (Å²) in [7, 11) is 0. The molecule has 5 heteroatoms. The number of amides is 1. The number of hydrogen-bond acceptors (Lipinski definition) is 4. The smallest absolute Gasteiger partial charge is 0.252 e. The molecule has 1 N–H and O–H groups in total. The molecule has 0 unspecified atom stereocenters. The van der Waals surface area contributed by atoms with Crippen molar-refractivity contribution in [2.24, 2.45) is 5.92 Å². The SMILES string of the molecule is Cc1cc(C(=O)N[C@H]2COC[C@H]2Cc2ccncc2)c2cccc(C)c2n1. The van der Waals surface area contributed by atoms with Crippen LogP contribution in [0.25, 0.3) is 10.9 Å². The first-order chi connectivity index (χ1) is 13.1. The molecular formula is C22H23N3O2. The van der Waals surface area contributed by atoms with Gasteiger partial charge >= 0.3 is 0 Å². The standard InChI is InChI=1S/C22H23N3O2/c1-14-4-3-5-18-19(10-15(2)24-21(14)18)22(26)25-20-13-27-12-17(20)11-16-6-8-23-9-7-16/h3-10,17,20H,11-13H2,1-2H3,(H,25,26)/t17-,20+/m1/s1. The van der Waals surface area contributed by atoms with Gasteiger partial charge < -0.3 is 10.1 Å². The van der Waals surface area contributed by atoms with E-state index >= 15 is 0 Å². The van der Waals surface area contributed by atoms with Crippen LogP contribution in [-0.4, -0.2) is 35.1 Å². The first-order valence-corrected chi connectivity index (χ1v) is 9.26. The summed E-state index contributed by atoms with van der Waals surface area (Å²) in [6.07, 6.45) is 4.46. The highest BCUT2D eigenvalue weighted by molar-refractivity contribution is 6.06. The zero-order chi connectivity index (χ0) is 18.8. The monoisotopic (exact) mass is 361 g/mol. The minimum absolute atomic E-state index is 0.000930. The number of rotatable bonds is 4. The highest BCUT2D eigenvalue weighted by atomic mass is 16.5. The van der Waals surface area contributed by atoms with Crippen molar-refractivity contribution in [3.8, 4) is 0 Å². The number of pyridine rings is 2. The van der Waals surface area contributed by atoms with E-state index in [1.807, 2.05) is 50.2 Å². The quantitative estimate of drug-likeness (QED) is 0.775. The van der Waals surface area contributed by atoms with Crippen LogP contribution in [0.4, 0.5) is 0 Å². The van der Waals surface area contributed by atoms with E-state index in [1.165, 1.54) is 5.56 Å². The number of para-hydroxylation sites is 1. The van der Waals surface area contributed by atoms with Gasteiger partial charge in [0.25, 0.3) is 5.91 Å². The molecule has 1 aliphatic heterocycles. The topological polar surface area (TPSA) is 64.1 Å². The maximum absolute atomic E-state index is 13.1. The third-order valence-corrected chi connectivity index (χ3v) is 5.18. The van der Waals surface area contributed by atoms with Crippen molar-refractivity contribution in [1.82, 2.24) is 15.3 Å². The summed E-state index contributed by atoms with van der Waals surface area (Å²) in [6.45, 7) is 5.14. The summed E-state index contributed by atoms with van der Waals surface area (Å²) in [5.74, 6) is 0.193. The normalized spacial score (nSPS) is 19.3. The van der Waals surface area contributed by atoms with E-state index in [0.717, 1.165) is 28.6 Å². The number of fused-ring (bicyclic) bond motifs is 1. The molecule has 0 aliphatic carbocycles. The maximum Gasteiger partial charge on any atom is 0.252 e. The molecule has 2 atom stereocenters. The van der Waals surface area contributed by atoms with Crippen LogP contribution in [0, 0.1) is 19.8 Å². The number of carbonyl (C=O) groups excluding carboxylic acids is 1. The van der Waals surface area contributed by atoms with E-state index in [9.17, 15) is 4.79 Å². The third kappa shape index (κ3) is 3.69. The Kier molecular flexibility index (Phi) is 4.86. The van der Waals surface area contributed by atoms with E-state index in [2.05, 4.69) is 15.3 Å². The van der Waals surface area contributed by atoms with Gasteiger partial charge in [-0.3, -0.25) is 14.8 Å². The van der Waals surface area contributed by atoms with Gasteiger partial charge in [-0.1, -0.05) is 18.2 Å². The van der Waals surface area contributed by atoms with Crippen LogP contribution in [0.5, 0.6) is 0 Å². The lowest BCUT2D eigenvalue weighted by Gasteiger charge is -2.20. The number of benzene rings is 1. The van der Waals surface area contributed by atoms with Gasteiger partial charge in [0.05, 0.1) is 30.3 Å². The van der Waals surface area contributed by atoms with Crippen molar-refractivity contribution < 1.29 is 9.53 Å². The second kappa shape index (κ2) is 7.45. The van der Waals surface area contributed by atoms with E-state index < -0.39 is 0 Å². The van der Waals surface area contributed by atoms with E-state index in [0.29, 0.717) is 18.8 Å². The number of aromatic nitrogens is 2. The molecule has 1 aromatic carbocycles. The Morgan fingerprint density at radius 2 is 2.00 bits per heavy atom. The average molecular weight is 361 g/mol. The molecule has 138 valence electrons. The van der Waals surface area contributed by atoms with Crippen LogP contribution in [0.2, 0.25) is 0 Å². The zero-order valence-electron chi connectivity index (χ0n) is 15.6. The number of nitrogens with one attached hydrogen (secondary N) is 1. The van der Waals surface area contributed by atoms with Crippen LogP contribution >= 0.6 is 0 Å². The van der Waals surface area contributed by atoms with Crippen molar-refractivity contribution in [3.05, 3.63) is 71.2 Å². The summed E-state index contributed by atoms with van der Waals surface area (Å²) >= 11 is 0. The fraction of sp³-hybridized carbons (Fsp3) is 0.318. The van der Waals surface area contributed by atoms with Gasteiger partial charge in [-0.2, -0.15) is 0 Å². The summed E-state index contributed by atoms with van der Waals surface area (Å²) in [5, 5.41) is 4.09. The summed E-state index contributed by atoms with van der Waals surface area (Å²) in [4.78, 5) is 21.7. The molecule has 0 bridgehead atoms. The fourth-order valence-corrected chi connectivity index (χ4v) is 3.73. The van der Waals surface area contributed by atoms with Gasteiger partial charge in [0, 0.05) is 29.4 Å². The van der Waals surface area contributed by atoms with E-state index in [-0.39, 0.29) is 17.9 Å². The molecule has 1 fully saturated rings. The molecular weight excluding hydrogens is 338 g/mol. The van der Waals surface area contributed by atoms with E-state index in [1.54, 1.807) is 12.4 Å². The van der Waals surface area contributed by atoms with Gasteiger partial charge in [0.15, 0.2) is 0 Å². The number of carbonyl (C=O) groups is 1. The molecule has 27 heavy (non-hydrogen) atoms. The minimum Gasteiger partial charge on any atom is -0.379 e. The van der Waals surface area contributed by atoms with Crippen molar-refractivity contribution in [2.45, 2.75) is 26.3 Å². The summed E-state index contributed by atoms with van der Waals surface area (Å²) in [6, 6.07) is 11.8. The third-order valence-electron chi connectivity index (χ3n) is 5.18. The first-order valence-electron chi connectivity index (χ1n) is 9.26. The molecule has 0 saturated carbocycles. The lowest BCUT2D eigenvalue weighted by atomic mass is 9.95. The van der Waals surface area contributed by atoms with Crippen LogP contribution in [-0.2, 0) is 11.2 Å². The second-order valence-electron chi connectivity index (χ2n) is 7.22. The predicted octanol–water partition coefficient (Wildman–Crippen LogP) is 3.23. The van der Waals surface area contributed by atoms with Crippen molar-refractivity contribution in [2.75, 3.05) is 13.2 Å². The lowest BCUT2D eigenvalue weighted by Crippen LogP contribution is -2.40. The van der Waals surface area contributed by atoms with Gasteiger partial charge in [-0.15, -0.1) is 0 Å². The van der Waals surface area contributed by atoms with Gasteiger partial charge in [0.2, 0.25) is 0 Å². The van der Waals surface area contributed by atoms with Crippen LogP contribution in [0.15, 0.2) is 48.8 Å². The molecule has 0 spiro atoms. The second-order valence-corrected chi connectivity index (χ2v) is 7.22. The summed E-state index contributed by atoms with van der Waals surface area (Å²) in [5.41, 5.74) is 4.69. The van der Waals surface area contributed by atoms with Gasteiger partial charge in [-0.05, 0) is 49.6 Å². The number of ether oxygens (including phenoxy) is 1. The number of nitrogens with zero attached hydrogens (tertiary/aromatic N) is 2. The Balaban J connectivity index is 1.57. The maximum atomic E-state index is 13.1. The van der Waals surface area contributed by atoms with Crippen molar-refractivity contribution in [1.29, 1.82) is 0 Å². The zero-order valence-corrected chi connectivity index (χ0v) is 15.6. The number of hydrogen-bond donors (Lipinski definition) is 1. The van der Waals surface area contributed by atoms with Gasteiger partial charge in [0.1, 0.15) is 0 Å². The Hall–Kier alpha value is -2.79. The van der Waals surface area contributed by atoms with Crippen molar-refractivity contribution >= 4 is 16.8 Å². The molecule has 1 saturated heterocycles. The van der Waals surface area contributed by atoms with Crippen LogP contribution < -0.4 is 5.32 Å². The first kappa shape index (κ1) is 17.6. The van der Waals surface area contributed by atoms with E-state index in [4.69, 9.17) is 4.74 Å².